The van der Waals surface area contributed by atoms with Crippen LogP contribution in [0.5, 0.6) is 0 Å². The highest BCUT2D eigenvalue weighted by atomic mass is 19.4. The quantitative estimate of drug-likeness (QED) is 0.538. The summed E-state index contributed by atoms with van der Waals surface area (Å²) in [5, 5.41) is 0. The Kier molecular flexibility index (Phi) is 6.02. The fourth-order valence-corrected chi connectivity index (χ4v) is 0.947. The summed E-state index contributed by atoms with van der Waals surface area (Å²) in [7, 11) is 0. The minimum atomic E-state index is -5.79. The molecule has 23 heavy (non-hydrogen) atoms. The van der Waals surface area contributed by atoms with E-state index in [0.29, 0.717) is 13.8 Å². The molecule has 0 aromatic heterocycles. The van der Waals surface area contributed by atoms with Crippen LogP contribution >= 0.6 is 0 Å². The molecular weight excluding hydrogens is 349 g/mol. The third kappa shape index (κ3) is 6.88. The van der Waals surface area contributed by atoms with Crippen molar-refractivity contribution < 1.29 is 64.1 Å². The maximum atomic E-state index is 12.1. The summed E-state index contributed by atoms with van der Waals surface area (Å²) in [6.07, 6.45) is -11.6. The summed E-state index contributed by atoms with van der Waals surface area (Å²) in [6.45, 7) is -4.27. The van der Waals surface area contributed by atoms with Crippen molar-refractivity contribution in [1.82, 2.24) is 0 Å². The molecule has 0 N–H and O–H groups in total. The normalized spacial score (nSPS) is 12.2. The first-order valence-corrected chi connectivity index (χ1v) is 5.21. The first kappa shape index (κ1) is 20.5. The van der Waals surface area contributed by atoms with Crippen molar-refractivity contribution in [3.63, 3.8) is 0 Å². The summed E-state index contributed by atoms with van der Waals surface area (Å²) in [6, 6.07) is 0. The molecule has 0 aliphatic rings. The Morgan fingerprint density at radius 2 is 0.913 bits per heavy atom. The van der Waals surface area contributed by atoms with Crippen LogP contribution in [-0.4, -0.2) is 43.2 Å². The van der Waals surface area contributed by atoms with Crippen molar-refractivity contribution >= 4 is 30.8 Å². The SMILES string of the molecule is CC(=O)O[B-](OC(C)=O)(OC(=O)C(F)(F)F)OC(=O)C(F)(F)F. The van der Waals surface area contributed by atoms with Gasteiger partial charge in [0, 0.05) is 13.8 Å². The standard InChI is InChI=1S/C8H6BF6O8/c1-3(16)20-9(21-4(2)17,22-5(18)7(10,11)12)23-6(19)8(13,14)15/h1-2H3/q-1. The van der Waals surface area contributed by atoms with E-state index in [1.54, 1.807) is 0 Å². The van der Waals surface area contributed by atoms with Gasteiger partial charge in [-0.15, -0.1) is 0 Å². The van der Waals surface area contributed by atoms with Crippen molar-refractivity contribution in [2.75, 3.05) is 0 Å². The van der Waals surface area contributed by atoms with Gasteiger partial charge in [0.25, 0.3) is 11.9 Å². The van der Waals surface area contributed by atoms with Gasteiger partial charge in [-0.25, -0.2) is 9.59 Å². The van der Waals surface area contributed by atoms with E-state index in [1.165, 1.54) is 0 Å². The second kappa shape index (κ2) is 6.74. The zero-order valence-corrected chi connectivity index (χ0v) is 11.1. The van der Waals surface area contributed by atoms with E-state index >= 15 is 0 Å². The molecule has 0 aromatic carbocycles. The fourth-order valence-electron chi connectivity index (χ4n) is 0.947. The van der Waals surface area contributed by atoms with Gasteiger partial charge < -0.3 is 18.6 Å². The number of carbonyl (C=O) groups is 4. The topological polar surface area (TPSA) is 105 Å². The molecule has 0 aliphatic heterocycles. The number of hydrogen-bond acceptors (Lipinski definition) is 8. The van der Waals surface area contributed by atoms with Gasteiger partial charge in [0.2, 0.25) is 0 Å². The maximum Gasteiger partial charge on any atom is 0.784 e. The third-order valence-electron chi connectivity index (χ3n) is 1.59. The predicted octanol–water partition coefficient (Wildman–Crippen LogP) is 0.759. The molecule has 0 rings (SSSR count). The van der Waals surface area contributed by atoms with Gasteiger partial charge in [-0.3, -0.25) is 9.59 Å². The molecular formula is C8H6BF6O8-. The van der Waals surface area contributed by atoms with E-state index in [-0.39, 0.29) is 0 Å². The molecule has 8 nitrogen and oxygen atoms in total. The average molecular weight is 355 g/mol. The van der Waals surface area contributed by atoms with E-state index in [2.05, 4.69) is 18.6 Å². The second-order valence-corrected chi connectivity index (χ2v) is 3.60. The summed E-state index contributed by atoms with van der Waals surface area (Å²) in [5.74, 6) is -9.85. The number of hydrogen-bond donors (Lipinski definition) is 0. The molecule has 0 amide bonds. The van der Waals surface area contributed by atoms with Gasteiger partial charge in [0.15, 0.2) is 0 Å². The molecule has 0 saturated carbocycles. The first-order valence-electron chi connectivity index (χ1n) is 5.21. The molecule has 0 heterocycles. The number of rotatable bonds is 4. The number of alkyl halides is 6. The predicted molar refractivity (Wildman–Crippen MR) is 53.6 cm³/mol. The van der Waals surface area contributed by atoms with Crippen molar-refractivity contribution in [1.29, 1.82) is 0 Å². The highest BCUT2D eigenvalue weighted by molar-refractivity contribution is 6.61. The summed E-state index contributed by atoms with van der Waals surface area (Å²) >= 11 is 0. The molecule has 0 bridgehead atoms. The maximum absolute atomic E-state index is 12.1. The zero-order chi connectivity index (χ0) is 18.6. The van der Waals surface area contributed by atoms with Gasteiger partial charge >= 0.3 is 31.2 Å². The van der Waals surface area contributed by atoms with Crippen molar-refractivity contribution in [2.24, 2.45) is 0 Å². The van der Waals surface area contributed by atoms with Crippen molar-refractivity contribution in [3.8, 4) is 0 Å². The fraction of sp³-hybridized carbons (Fsp3) is 0.500. The van der Waals surface area contributed by atoms with Crippen LogP contribution in [0, 0.1) is 0 Å². The van der Waals surface area contributed by atoms with E-state index in [0.717, 1.165) is 0 Å². The Morgan fingerprint density at radius 3 is 1.09 bits per heavy atom. The van der Waals surface area contributed by atoms with E-state index < -0.39 is 43.2 Å². The monoisotopic (exact) mass is 355 g/mol. The number of carbonyl (C=O) groups excluding carboxylic acids is 4. The van der Waals surface area contributed by atoms with Crippen molar-refractivity contribution in [3.05, 3.63) is 0 Å². The van der Waals surface area contributed by atoms with Crippen LogP contribution in [0.2, 0.25) is 0 Å². The molecule has 15 heteroatoms. The lowest BCUT2D eigenvalue weighted by Crippen LogP contribution is -2.56. The molecule has 132 valence electrons. The van der Waals surface area contributed by atoms with Crippen molar-refractivity contribution in [2.45, 2.75) is 26.2 Å². The van der Waals surface area contributed by atoms with Gasteiger partial charge in [0.05, 0.1) is 0 Å². The molecule has 0 spiro atoms. The average Bonchev–Trinajstić information content (AvgIpc) is 2.23. The van der Waals surface area contributed by atoms with Crippen LogP contribution in [0.1, 0.15) is 13.8 Å². The lowest BCUT2D eigenvalue weighted by molar-refractivity contribution is -0.209. The summed E-state index contributed by atoms with van der Waals surface area (Å²) < 4.78 is 87.0. The van der Waals surface area contributed by atoms with Crippen LogP contribution in [-0.2, 0) is 37.8 Å². The minimum Gasteiger partial charge on any atom is -0.585 e. The summed E-state index contributed by atoms with van der Waals surface area (Å²) in [4.78, 5) is 42.9. The highest BCUT2D eigenvalue weighted by Gasteiger charge is 2.56. The molecule has 0 radical (unpaired) electrons. The van der Waals surface area contributed by atoms with Crippen LogP contribution in [0.4, 0.5) is 26.3 Å². The number of halogens is 6. The highest BCUT2D eigenvalue weighted by Crippen LogP contribution is 2.25. The zero-order valence-electron chi connectivity index (χ0n) is 11.1. The first-order chi connectivity index (χ1) is 10.1. The molecule has 0 aromatic rings. The molecule has 0 aliphatic carbocycles. The van der Waals surface area contributed by atoms with Gasteiger partial charge in [-0.05, 0) is 0 Å². The van der Waals surface area contributed by atoms with Gasteiger partial charge in [-0.2, -0.15) is 26.3 Å². The van der Waals surface area contributed by atoms with Crippen LogP contribution in [0.25, 0.3) is 0 Å². The Morgan fingerprint density at radius 1 is 0.652 bits per heavy atom. The molecule has 0 unspecified atom stereocenters. The second-order valence-electron chi connectivity index (χ2n) is 3.60. The van der Waals surface area contributed by atoms with Gasteiger partial charge in [0.1, 0.15) is 0 Å². The molecule has 0 fully saturated rings. The Labute approximate surface area is 122 Å². The molecule has 0 atom stereocenters. The molecule has 0 saturated heterocycles. The van der Waals surface area contributed by atoms with E-state index in [4.69, 9.17) is 0 Å². The van der Waals surface area contributed by atoms with Crippen LogP contribution in [0.15, 0.2) is 0 Å². The summed E-state index contributed by atoms with van der Waals surface area (Å²) in [5.41, 5.74) is 0. The lowest BCUT2D eigenvalue weighted by Gasteiger charge is -2.37. The Balaban J connectivity index is 5.76. The Hall–Kier alpha value is -2.48. The van der Waals surface area contributed by atoms with Crippen LogP contribution < -0.4 is 0 Å². The van der Waals surface area contributed by atoms with E-state index in [9.17, 15) is 45.5 Å². The minimum absolute atomic E-state index is 0.433. The largest absolute Gasteiger partial charge is 0.784 e. The van der Waals surface area contributed by atoms with Crippen LogP contribution in [0.3, 0.4) is 0 Å². The van der Waals surface area contributed by atoms with E-state index in [1.807, 2.05) is 0 Å². The third-order valence-corrected chi connectivity index (χ3v) is 1.59. The lowest BCUT2D eigenvalue weighted by atomic mass is 10.0. The Bertz CT molecular complexity index is 466. The smallest absolute Gasteiger partial charge is 0.585 e. The van der Waals surface area contributed by atoms with Gasteiger partial charge in [-0.1, -0.05) is 0 Å².